The molecule has 28 heavy (non-hydrogen) atoms. The Morgan fingerprint density at radius 2 is 1.50 bits per heavy atom. The lowest BCUT2D eigenvalue weighted by Crippen LogP contribution is -2.08. The number of benzene rings is 2. The average Bonchev–Trinajstić information content (AvgIpc) is 2.76. The van der Waals surface area contributed by atoms with Crippen LogP contribution in [0.5, 0.6) is 17.2 Å². The Labute approximate surface area is 163 Å². The van der Waals surface area contributed by atoms with Crippen molar-refractivity contribution >= 4 is 11.8 Å². The summed E-state index contributed by atoms with van der Waals surface area (Å²) in [6, 6.07) is 13.6. The molecule has 0 amide bonds. The maximum Gasteiger partial charge on any atom is 0.244 e. The van der Waals surface area contributed by atoms with Crippen LogP contribution in [0.15, 0.2) is 48.7 Å². The Kier molecular flexibility index (Phi) is 6.46. The molecule has 0 aliphatic rings. The van der Waals surface area contributed by atoms with E-state index < -0.39 is 0 Å². The predicted octanol–water partition coefficient (Wildman–Crippen LogP) is 3.12. The number of nitrogens with one attached hydrogen (secondary N) is 2. The Morgan fingerprint density at radius 3 is 2.21 bits per heavy atom. The molecule has 0 spiro atoms. The van der Waals surface area contributed by atoms with E-state index in [1.807, 2.05) is 42.5 Å². The summed E-state index contributed by atoms with van der Waals surface area (Å²) in [4.78, 5) is 4.44. The second kappa shape index (κ2) is 9.40. The smallest absolute Gasteiger partial charge is 0.244 e. The van der Waals surface area contributed by atoms with E-state index in [4.69, 9.17) is 14.2 Å². The highest BCUT2D eigenvalue weighted by Crippen LogP contribution is 2.27. The van der Waals surface area contributed by atoms with Crippen molar-refractivity contribution in [2.24, 2.45) is 0 Å². The van der Waals surface area contributed by atoms with Crippen molar-refractivity contribution in [3.63, 3.8) is 0 Å². The van der Waals surface area contributed by atoms with Gasteiger partial charge in [0.15, 0.2) is 17.3 Å². The zero-order valence-corrected chi connectivity index (χ0v) is 16.1. The van der Waals surface area contributed by atoms with Crippen molar-refractivity contribution in [2.45, 2.75) is 13.1 Å². The maximum absolute atomic E-state index is 5.32. The summed E-state index contributed by atoms with van der Waals surface area (Å²) in [5.74, 6) is 3.27. The summed E-state index contributed by atoms with van der Waals surface area (Å²) in [5, 5.41) is 14.4. The van der Waals surface area contributed by atoms with E-state index in [-0.39, 0.29) is 0 Å². The molecule has 0 aliphatic heterocycles. The average molecular weight is 381 g/mol. The fourth-order valence-corrected chi connectivity index (χ4v) is 2.57. The first-order chi connectivity index (χ1) is 13.7. The Hall–Kier alpha value is -3.55. The van der Waals surface area contributed by atoms with E-state index in [1.165, 1.54) is 0 Å². The minimum absolute atomic E-state index is 0.439. The van der Waals surface area contributed by atoms with Gasteiger partial charge in [-0.1, -0.05) is 18.2 Å². The van der Waals surface area contributed by atoms with E-state index in [2.05, 4.69) is 25.8 Å². The van der Waals surface area contributed by atoms with Gasteiger partial charge >= 0.3 is 0 Å². The molecule has 0 saturated heterocycles. The topological polar surface area (TPSA) is 90.4 Å². The van der Waals surface area contributed by atoms with Crippen LogP contribution in [-0.4, -0.2) is 36.5 Å². The molecule has 2 aromatic carbocycles. The third-order valence-electron chi connectivity index (χ3n) is 4.09. The van der Waals surface area contributed by atoms with Crippen molar-refractivity contribution in [3.8, 4) is 17.2 Å². The molecule has 0 atom stereocenters. The maximum atomic E-state index is 5.32. The molecular weight excluding hydrogens is 358 g/mol. The number of methoxy groups -OCH3 is 3. The normalized spacial score (nSPS) is 10.2. The SMILES string of the molecule is COc1ccc(CNc2cnnc(NCc3ccc(OC)c(OC)c3)n2)cc1. The van der Waals surface area contributed by atoms with Crippen LogP contribution in [0.25, 0.3) is 0 Å². The lowest BCUT2D eigenvalue weighted by molar-refractivity contribution is 0.354. The summed E-state index contributed by atoms with van der Waals surface area (Å²) in [6.45, 7) is 1.15. The lowest BCUT2D eigenvalue weighted by Gasteiger charge is -2.11. The van der Waals surface area contributed by atoms with Gasteiger partial charge in [-0.2, -0.15) is 10.1 Å². The second-order valence-electron chi connectivity index (χ2n) is 5.91. The zero-order chi connectivity index (χ0) is 19.8. The van der Waals surface area contributed by atoms with Gasteiger partial charge in [0.05, 0.1) is 27.5 Å². The van der Waals surface area contributed by atoms with E-state index in [0.29, 0.717) is 36.4 Å². The highest BCUT2D eigenvalue weighted by atomic mass is 16.5. The quantitative estimate of drug-likeness (QED) is 0.584. The number of nitrogens with zero attached hydrogens (tertiary/aromatic N) is 3. The molecule has 3 aromatic rings. The molecule has 1 aromatic heterocycles. The van der Waals surface area contributed by atoms with Crippen molar-refractivity contribution in [1.82, 2.24) is 15.2 Å². The first-order valence-corrected chi connectivity index (χ1v) is 8.73. The number of hydrogen-bond acceptors (Lipinski definition) is 8. The number of anilines is 2. The molecule has 8 heteroatoms. The van der Waals surface area contributed by atoms with Crippen molar-refractivity contribution in [1.29, 1.82) is 0 Å². The molecule has 0 bridgehead atoms. The minimum Gasteiger partial charge on any atom is -0.497 e. The molecule has 0 saturated carbocycles. The van der Waals surface area contributed by atoms with Gasteiger partial charge in [-0.3, -0.25) is 0 Å². The number of hydrogen-bond donors (Lipinski definition) is 2. The summed E-state index contributed by atoms with van der Waals surface area (Å²) < 4.78 is 15.7. The molecular formula is C20H23N5O3. The molecule has 3 rings (SSSR count). The minimum atomic E-state index is 0.439. The van der Waals surface area contributed by atoms with Gasteiger partial charge < -0.3 is 24.8 Å². The molecule has 0 radical (unpaired) electrons. The molecule has 2 N–H and O–H groups in total. The van der Waals surface area contributed by atoms with Crippen LogP contribution in [0.3, 0.4) is 0 Å². The Balaban J connectivity index is 1.58. The van der Waals surface area contributed by atoms with Crippen LogP contribution < -0.4 is 24.8 Å². The number of rotatable bonds is 9. The highest BCUT2D eigenvalue weighted by molar-refractivity contribution is 5.44. The molecule has 146 valence electrons. The van der Waals surface area contributed by atoms with Crippen LogP contribution >= 0.6 is 0 Å². The van der Waals surface area contributed by atoms with Crippen molar-refractivity contribution < 1.29 is 14.2 Å². The third kappa shape index (κ3) is 5.00. The van der Waals surface area contributed by atoms with E-state index in [1.54, 1.807) is 27.5 Å². The summed E-state index contributed by atoms with van der Waals surface area (Å²) in [5.41, 5.74) is 2.12. The second-order valence-corrected chi connectivity index (χ2v) is 5.91. The summed E-state index contributed by atoms with van der Waals surface area (Å²) >= 11 is 0. The summed E-state index contributed by atoms with van der Waals surface area (Å²) in [6.07, 6.45) is 1.59. The molecule has 0 unspecified atom stereocenters. The van der Waals surface area contributed by atoms with Gasteiger partial charge in [0.1, 0.15) is 5.75 Å². The fraction of sp³-hybridized carbons (Fsp3) is 0.250. The van der Waals surface area contributed by atoms with Crippen molar-refractivity contribution in [3.05, 3.63) is 59.8 Å². The number of ether oxygens (including phenoxy) is 3. The Bertz CT molecular complexity index is 903. The molecule has 8 nitrogen and oxygen atoms in total. The first kappa shape index (κ1) is 19.2. The highest BCUT2D eigenvalue weighted by Gasteiger charge is 2.06. The van der Waals surface area contributed by atoms with Crippen LogP contribution in [-0.2, 0) is 13.1 Å². The lowest BCUT2D eigenvalue weighted by atomic mass is 10.2. The van der Waals surface area contributed by atoms with Crippen LogP contribution in [0.2, 0.25) is 0 Å². The van der Waals surface area contributed by atoms with Gasteiger partial charge in [0.25, 0.3) is 0 Å². The monoisotopic (exact) mass is 381 g/mol. The Morgan fingerprint density at radius 1 is 0.786 bits per heavy atom. The van der Waals surface area contributed by atoms with Gasteiger partial charge in [-0.05, 0) is 35.4 Å². The molecule has 1 heterocycles. The van der Waals surface area contributed by atoms with Crippen LogP contribution in [0.4, 0.5) is 11.8 Å². The van der Waals surface area contributed by atoms with Gasteiger partial charge in [-0.15, -0.1) is 5.10 Å². The van der Waals surface area contributed by atoms with Crippen molar-refractivity contribution in [2.75, 3.05) is 32.0 Å². The third-order valence-corrected chi connectivity index (χ3v) is 4.09. The van der Waals surface area contributed by atoms with Gasteiger partial charge in [0, 0.05) is 13.1 Å². The predicted molar refractivity (Wildman–Crippen MR) is 107 cm³/mol. The van der Waals surface area contributed by atoms with Gasteiger partial charge in [-0.25, -0.2) is 0 Å². The largest absolute Gasteiger partial charge is 0.497 e. The fourth-order valence-electron chi connectivity index (χ4n) is 2.57. The first-order valence-electron chi connectivity index (χ1n) is 8.73. The van der Waals surface area contributed by atoms with E-state index in [9.17, 15) is 0 Å². The standard InChI is InChI=1S/C20H23N5O3/c1-26-16-7-4-14(5-8-16)11-21-19-13-23-25-20(24-19)22-12-15-6-9-17(27-2)18(10-15)28-3/h4-10,13H,11-12H2,1-3H3,(H2,21,22,24,25). The summed E-state index contributed by atoms with van der Waals surface area (Å²) in [7, 11) is 4.87. The van der Waals surface area contributed by atoms with Gasteiger partial charge in [0.2, 0.25) is 5.95 Å². The van der Waals surface area contributed by atoms with Crippen LogP contribution in [0.1, 0.15) is 11.1 Å². The molecule has 0 fully saturated rings. The van der Waals surface area contributed by atoms with E-state index in [0.717, 1.165) is 16.9 Å². The zero-order valence-electron chi connectivity index (χ0n) is 16.1. The van der Waals surface area contributed by atoms with E-state index >= 15 is 0 Å². The van der Waals surface area contributed by atoms with Crippen LogP contribution in [0, 0.1) is 0 Å². The number of aromatic nitrogens is 3. The molecule has 0 aliphatic carbocycles.